The molecular weight excluding hydrogens is 361 g/mol. The molecule has 9 heteroatoms. The number of halogens is 3. The lowest BCUT2D eigenvalue weighted by molar-refractivity contribution is -0.140. The van der Waals surface area contributed by atoms with Gasteiger partial charge in [-0.25, -0.2) is 13.1 Å². The molecule has 0 fully saturated rings. The van der Waals surface area contributed by atoms with Crippen LogP contribution in [0.25, 0.3) is 0 Å². The van der Waals surface area contributed by atoms with Crippen LogP contribution in [0, 0.1) is 5.92 Å². The first-order valence-corrected chi connectivity index (χ1v) is 8.40. The number of carboxylic acid groups (broad SMARTS) is 1. The first-order valence-electron chi connectivity index (χ1n) is 5.78. The highest BCUT2D eigenvalue weighted by Gasteiger charge is 2.30. The van der Waals surface area contributed by atoms with Crippen molar-refractivity contribution in [1.82, 2.24) is 4.72 Å². The fourth-order valence-electron chi connectivity index (χ4n) is 2.01. The van der Waals surface area contributed by atoms with E-state index in [2.05, 4.69) is 4.72 Å². The molecule has 0 saturated carbocycles. The van der Waals surface area contributed by atoms with Crippen LogP contribution in [-0.2, 0) is 14.8 Å². The second-order valence-electron chi connectivity index (χ2n) is 4.49. The van der Waals surface area contributed by atoms with E-state index in [9.17, 15) is 13.2 Å². The minimum Gasteiger partial charge on any atom is -0.481 e. The molecule has 5 nitrogen and oxygen atoms in total. The van der Waals surface area contributed by atoms with Crippen LogP contribution in [0.1, 0.15) is 6.42 Å². The van der Waals surface area contributed by atoms with Crippen molar-refractivity contribution in [3.8, 4) is 0 Å². The Kier molecular flexibility index (Phi) is 4.85. The van der Waals surface area contributed by atoms with Crippen LogP contribution in [0.5, 0.6) is 0 Å². The van der Waals surface area contributed by atoms with E-state index in [1.54, 1.807) is 0 Å². The molecule has 2 rings (SSSR count). The predicted octanol–water partition coefficient (Wildman–Crippen LogP) is 2.95. The molecule has 1 aliphatic carbocycles. The Morgan fingerprint density at radius 1 is 1.19 bits per heavy atom. The van der Waals surface area contributed by atoms with Crippen molar-refractivity contribution in [3.63, 3.8) is 0 Å². The Bertz CT molecular complexity index is 694. The summed E-state index contributed by atoms with van der Waals surface area (Å²) in [5.41, 5.74) is 0. The summed E-state index contributed by atoms with van der Waals surface area (Å²) >= 11 is 17.5. The SMILES string of the molecule is O=C(O)C1C=CC(NS(=O)(=O)c2c(Cl)cc(Cl)cc2Cl)C1. The molecule has 1 aromatic carbocycles. The van der Waals surface area contributed by atoms with Crippen molar-refractivity contribution in [3.05, 3.63) is 39.4 Å². The van der Waals surface area contributed by atoms with Gasteiger partial charge in [-0.15, -0.1) is 0 Å². The molecule has 0 radical (unpaired) electrons. The molecule has 114 valence electrons. The van der Waals surface area contributed by atoms with E-state index in [0.717, 1.165) is 0 Å². The summed E-state index contributed by atoms with van der Waals surface area (Å²) < 4.78 is 27.0. The zero-order valence-electron chi connectivity index (χ0n) is 10.4. The fourth-order valence-corrected chi connectivity index (χ4v) is 4.76. The highest BCUT2D eigenvalue weighted by molar-refractivity contribution is 7.89. The van der Waals surface area contributed by atoms with Crippen LogP contribution in [0.15, 0.2) is 29.2 Å². The number of aliphatic carboxylic acids is 1. The maximum absolute atomic E-state index is 12.3. The molecule has 0 aliphatic heterocycles. The quantitative estimate of drug-likeness (QED) is 0.798. The molecule has 2 N–H and O–H groups in total. The highest BCUT2D eigenvalue weighted by atomic mass is 35.5. The molecule has 1 aromatic rings. The minimum atomic E-state index is -3.99. The van der Waals surface area contributed by atoms with E-state index in [-0.39, 0.29) is 26.4 Å². The number of rotatable bonds is 4. The minimum absolute atomic E-state index is 0.100. The Morgan fingerprint density at radius 2 is 1.76 bits per heavy atom. The molecule has 2 unspecified atom stereocenters. The van der Waals surface area contributed by atoms with Crippen molar-refractivity contribution in [1.29, 1.82) is 0 Å². The number of sulfonamides is 1. The zero-order valence-corrected chi connectivity index (χ0v) is 13.5. The summed E-state index contributed by atoms with van der Waals surface area (Å²) in [5.74, 6) is -1.72. The van der Waals surface area contributed by atoms with E-state index < -0.39 is 28.0 Å². The molecule has 0 spiro atoms. The standard InChI is InChI=1S/C12H10Cl3NO4S/c13-7-4-9(14)11(10(15)5-7)21(19,20)16-8-2-1-6(3-8)12(17)18/h1-2,4-6,8,16H,3H2,(H,17,18). The average Bonchev–Trinajstić information content (AvgIpc) is 2.74. The Labute approximate surface area is 136 Å². The molecule has 0 saturated heterocycles. The van der Waals surface area contributed by atoms with Gasteiger partial charge < -0.3 is 5.11 Å². The molecule has 2 atom stereocenters. The second kappa shape index (κ2) is 6.14. The van der Waals surface area contributed by atoms with Crippen LogP contribution in [-0.4, -0.2) is 25.5 Å². The van der Waals surface area contributed by atoms with Crippen molar-refractivity contribution < 1.29 is 18.3 Å². The number of carboxylic acids is 1. The molecule has 0 bridgehead atoms. The Balaban J connectivity index is 2.25. The van der Waals surface area contributed by atoms with E-state index in [1.165, 1.54) is 24.3 Å². The smallest absolute Gasteiger partial charge is 0.310 e. The normalized spacial score (nSPS) is 21.7. The van der Waals surface area contributed by atoms with Gasteiger partial charge in [0.1, 0.15) is 4.90 Å². The first kappa shape index (κ1) is 16.6. The fraction of sp³-hybridized carbons (Fsp3) is 0.250. The third kappa shape index (κ3) is 3.70. The number of benzene rings is 1. The molecule has 21 heavy (non-hydrogen) atoms. The van der Waals surface area contributed by atoms with Gasteiger partial charge in [0, 0.05) is 11.1 Å². The van der Waals surface area contributed by atoms with Crippen LogP contribution in [0.2, 0.25) is 15.1 Å². The largest absolute Gasteiger partial charge is 0.481 e. The topological polar surface area (TPSA) is 83.5 Å². The van der Waals surface area contributed by atoms with Gasteiger partial charge in [-0.05, 0) is 18.6 Å². The number of hydrogen-bond acceptors (Lipinski definition) is 3. The summed E-state index contributed by atoms with van der Waals surface area (Å²) in [7, 11) is -3.99. The van der Waals surface area contributed by atoms with Crippen LogP contribution < -0.4 is 4.72 Å². The summed E-state index contributed by atoms with van der Waals surface area (Å²) in [6, 6.07) is 1.92. The lowest BCUT2D eigenvalue weighted by Gasteiger charge is -2.14. The van der Waals surface area contributed by atoms with Gasteiger partial charge in [-0.2, -0.15) is 0 Å². The van der Waals surface area contributed by atoms with Gasteiger partial charge in [0.15, 0.2) is 0 Å². The van der Waals surface area contributed by atoms with Gasteiger partial charge in [-0.3, -0.25) is 4.79 Å². The second-order valence-corrected chi connectivity index (χ2v) is 7.39. The monoisotopic (exact) mass is 369 g/mol. The summed E-state index contributed by atoms with van der Waals surface area (Å²) in [6.45, 7) is 0. The molecule has 0 amide bonds. The van der Waals surface area contributed by atoms with E-state index in [4.69, 9.17) is 39.9 Å². The molecule has 0 aromatic heterocycles. The van der Waals surface area contributed by atoms with Crippen LogP contribution >= 0.6 is 34.8 Å². The Hall–Kier alpha value is -0.790. The lowest BCUT2D eigenvalue weighted by atomic mass is 10.1. The summed E-state index contributed by atoms with van der Waals surface area (Å²) in [5, 5.41) is 8.90. The number of hydrogen-bond donors (Lipinski definition) is 2. The van der Waals surface area contributed by atoms with Gasteiger partial charge in [0.2, 0.25) is 10.0 Å². The van der Waals surface area contributed by atoms with E-state index >= 15 is 0 Å². The lowest BCUT2D eigenvalue weighted by Crippen LogP contribution is -2.33. The maximum Gasteiger partial charge on any atom is 0.310 e. The van der Waals surface area contributed by atoms with Crippen molar-refractivity contribution in [2.24, 2.45) is 5.92 Å². The van der Waals surface area contributed by atoms with Gasteiger partial charge in [0.05, 0.1) is 16.0 Å². The zero-order chi connectivity index (χ0) is 15.8. The number of nitrogens with one attached hydrogen (secondary N) is 1. The van der Waals surface area contributed by atoms with Gasteiger partial charge in [0.25, 0.3) is 0 Å². The average molecular weight is 371 g/mol. The molecule has 1 aliphatic rings. The summed E-state index contributed by atoms with van der Waals surface area (Å²) in [4.78, 5) is 10.6. The van der Waals surface area contributed by atoms with E-state index in [1.807, 2.05) is 0 Å². The van der Waals surface area contributed by atoms with E-state index in [0.29, 0.717) is 0 Å². The van der Waals surface area contributed by atoms with Gasteiger partial charge in [-0.1, -0.05) is 47.0 Å². The number of carbonyl (C=O) groups is 1. The van der Waals surface area contributed by atoms with Gasteiger partial charge >= 0.3 is 5.97 Å². The third-order valence-electron chi connectivity index (χ3n) is 2.94. The van der Waals surface area contributed by atoms with Crippen molar-refractivity contribution >= 4 is 50.8 Å². The van der Waals surface area contributed by atoms with Crippen molar-refractivity contribution in [2.75, 3.05) is 0 Å². The van der Waals surface area contributed by atoms with Crippen LogP contribution in [0.4, 0.5) is 0 Å². The summed E-state index contributed by atoms with van der Waals surface area (Å²) in [6.07, 6.45) is 3.08. The Morgan fingerprint density at radius 3 is 2.24 bits per heavy atom. The van der Waals surface area contributed by atoms with Crippen molar-refractivity contribution in [2.45, 2.75) is 17.4 Å². The molecular formula is C12H10Cl3NO4S. The highest BCUT2D eigenvalue weighted by Crippen LogP contribution is 2.33. The van der Waals surface area contributed by atoms with Crippen LogP contribution in [0.3, 0.4) is 0 Å². The predicted molar refractivity (Wildman–Crippen MR) is 80.5 cm³/mol. The first-order chi connectivity index (χ1) is 9.70. The third-order valence-corrected chi connectivity index (χ3v) is 5.57. The molecule has 0 heterocycles. The maximum atomic E-state index is 12.3.